The predicted octanol–water partition coefficient (Wildman–Crippen LogP) is 3.04. The van der Waals surface area contributed by atoms with Crippen molar-refractivity contribution in [3.63, 3.8) is 0 Å². The Morgan fingerprint density at radius 3 is 2.89 bits per heavy atom. The number of hydrogen-bond acceptors (Lipinski definition) is 2. The van der Waals surface area contributed by atoms with Crippen LogP contribution >= 0.6 is 15.9 Å². The van der Waals surface area contributed by atoms with Gasteiger partial charge >= 0.3 is 5.97 Å². The molecule has 0 aliphatic rings. The first-order valence-electron chi connectivity index (χ1n) is 5.28. The van der Waals surface area contributed by atoms with E-state index in [-0.39, 0.29) is 0 Å². The Morgan fingerprint density at radius 2 is 2.28 bits per heavy atom. The van der Waals surface area contributed by atoms with Crippen molar-refractivity contribution in [3.8, 4) is 5.69 Å². The molecular formula is C13H11BrN2O2. The summed E-state index contributed by atoms with van der Waals surface area (Å²) in [5.41, 5.74) is 2.82. The number of carboxylic acids is 1. The highest BCUT2D eigenvalue weighted by Gasteiger charge is 2.03. The zero-order valence-corrected chi connectivity index (χ0v) is 11.3. The molecule has 4 nitrogen and oxygen atoms in total. The van der Waals surface area contributed by atoms with Crippen LogP contribution in [0.5, 0.6) is 0 Å². The van der Waals surface area contributed by atoms with E-state index in [0.717, 1.165) is 27.4 Å². The van der Waals surface area contributed by atoms with Crippen molar-refractivity contribution in [2.75, 3.05) is 0 Å². The summed E-state index contributed by atoms with van der Waals surface area (Å²) >= 11 is 3.35. The molecule has 5 heteroatoms. The van der Waals surface area contributed by atoms with Crippen LogP contribution in [0.25, 0.3) is 11.8 Å². The van der Waals surface area contributed by atoms with Crippen LogP contribution < -0.4 is 0 Å². The fourth-order valence-corrected chi connectivity index (χ4v) is 1.86. The largest absolute Gasteiger partial charge is 0.478 e. The zero-order valence-electron chi connectivity index (χ0n) is 9.67. The number of rotatable bonds is 3. The number of benzene rings is 1. The minimum absolute atomic E-state index is 0.824. The fraction of sp³-hybridized carbons (Fsp3) is 0.0769. The van der Waals surface area contributed by atoms with Gasteiger partial charge in [-0.15, -0.1) is 0 Å². The predicted molar refractivity (Wildman–Crippen MR) is 72.7 cm³/mol. The molecule has 0 aliphatic carbocycles. The molecule has 18 heavy (non-hydrogen) atoms. The molecule has 1 aromatic carbocycles. The van der Waals surface area contributed by atoms with Crippen molar-refractivity contribution >= 4 is 28.0 Å². The molecule has 2 aromatic rings. The normalized spacial score (nSPS) is 11.0. The van der Waals surface area contributed by atoms with Gasteiger partial charge < -0.3 is 5.11 Å². The second-order valence-electron chi connectivity index (χ2n) is 3.82. The van der Waals surface area contributed by atoms with Crippen LogP contribution in [-0.4, -0.2) is 20.9 Å². The molecular weight excluding hydrogens is 296 g/mol. The van der Waals surface area contributed by atoms with Crippen LogP contribution in [0.3, 0.4) is 0 Å². The molecule has 0 bridgehead atoms. The van der Waals surface area contributed by atoms with Gasteiger partial charge in [0.1, 0.15) is 0 Å². The van der Waals surface area contributed by atoms with Crippen LogP contribution in [0.1, 0.15) is 11.1 Å². The third-order valence-corrected chi connectivity index (χ3v) is 2.86. The number of halogens is 1. The van der Waals surface area contributed by atoms with Crippen molar-refractivity contribution in [2.24, 2.45) is 0 Å². The maximum Gasteiger partial charge on any atom is 0.328 e. The molecule has 0 fully saturated rings. The second-order valence-corrected chi connectivity index (χ2v) is 4.74. The van der Waals surface area contributed by atoms with Crippen LogP contribution in [0.4, 0.5) is 0 Å². The lowest BCUT2D eigenvalue weighted by Crippen LogP contribution is -1.97. The van der Waals surface area contributed by atoms with E-state index in [0.29, 0.717) is 0 Å². The van der Waals surface area contributed by atoms with E-state index in [2.05, 4.69) is 21.0 Å². The second kappa shape index (κ2) is 5.18. The minimum atomic E-state index is -0.959. The van der Waals surface area contributed by atoms with E-state index in [1.54, 1.807) is 17.0 Å². The number of carbonyl (C=O) groups is 1. The summed E-state index contributed by atoms with van der Waals surface area (Å²) < 4.78 is 2.64. The monoisotopic (exact) mass is 306 g/mol. The lowest BCUT2D eigenvalue weighted by molar-refractivity contribution is -0.131. The number of nitrogens with zero attached hydrogens (tertiary/aromatic N) is 2. The molecule has 2 rings (SSSR count). The van der Waals surface area contributed by atoms with Crippen molar-refractivity contribution in [1.29, 1.82) is 0 Å². The third-order valence-electron chi connectivity index (χ3n) is 2.45. The molecule has 0 saturated heterocycles. The van der Waals surface area contributed by atoms with Gasteiger partial charge in [-0.2, -0.15) is 5.10 Å². The molecule has 1 aromatic heterocycles. The summed E-state index contributed by atoms with van der Waals surface area (Å²) in [5, 5.41) is 12.8. The number of aliphatic carboxylic acids is 1. The summed E-state index contributed by atoms with van der Waals surface area (Å²) in [7, 11) is 0. The summed E-state index contributed by atoms with van der Waals surface area (Å²) in [4.78, 5) is 10.5. The Kier molecular flexibility index (Phi) is 3.62. The highest BCUT2D eigenvalue weighted by atomic mass is 79.9. The lowest BCUT2D eigenvalue weighted by atomic mass is 10.1. The summed E-state index contributed by atoms with van der Waals surface area (Å²) in [6.45, 7) is 1.98. The third kappa shape index (κ3) is 2.87. The van der Waals surface area contributed by atoms with Crippen molar-refractivity contribution in [2.45, 2.75) is 6.92 Å². The first-order valence-corrected chi connectivity index (χ1v) is 6.08. The van der Waals surface area contributed by atoms with Crippen LogP contribution in [0.2, 0.25) is 0 Å². The SMILES string of the molecule is Cc1ccc(/C=C/C(=O)O)cc1-n1cc(Br)cn1. The summed E-state index contributed by atoms with van der Waals surface area (Å²) in [6.07, 6.45) is 6.24. The van der Waals surface area contributed by atoms with E-state index < -0.39 is 5.97 Å². The number of carboxylic acid groups (broad SMARTS) is 1. The van der Waals surface area contributed by atoms with Crippen LogP contribution in [0.15, 0.2) is 41.1 Å². The number of hydrogen-bond donors (Lipinski definition) is 1. The maximum atomic E-state index is 10.5. The average Bonchev–Trinajstić information content (AvgIpc) is 2.74. The molecule has 0 atom stereocenters. The van der Waals surface area contributed by atoms with Crippen molar-refractivity contribution in [3.05, 3.63) is 52.3 Å². The van der Waals surface area contributed by atoms with E-state index in [1.165, 1.54) is 0 Å². The first-order chi connectivity index (χ1) is 8.56. The van der Waals surface area contributed by atoms with Crippen LogP contribution in [-0.2, 0) is 4.79 Å². The molecule has 0 unspecified atom stereocenters. The van der Waals surface area contributed by atoms with E-state index in [4.69, 9.17) is 5.11 Å². The number of aryl methyl sites for hydroxylation is 1. The van der Waals surface area contributed by atoms with Gasteiger partial charge in [-0.1, -0.05) is 12.1 Å². The quantitative estimate of drug-likeness (QED) is 0.887. The topological polar surface area (TPSA) is 55.1 Å². The molecule has 92 valence electrons. The molecule has 0 aliphatic heterocycles. The van der Waals surface area contributed by atoms with E-state index in [9.17, 15) is 4.79 Å². The standard InChI is InChI=1S/C13H11BrN2O2/c1-9-2-3-10(4-5-13(17)18)6-12(9)16-8-11(14)7-15-16/h2-8H,1H3,(H,17,18)/b5-4+. The maximum absolute atomic E-state index is 10.5. The molecule has 0 spiro atoms. The van der Waals surface area contributed by atoms with Gasteiger partial charge in [-0.3, -0.25) is 0 Å². The zero-order chi connectivity index (χ0) is 13.1. The highest BCUT2D eigenvalue weighted by Crippen LogP contribution is 2.18. The van der Waals surface area contributed by atoms with E-state index in [1.807, 2.05) is 31.3 Å². The number of aromatic nitrogens is 2. The molecule has 1 N–H and O–H groups in total. The van der Waals surface area contributed by atoms with Gasteiger partial charge in [-0.05, 0) is 46.1 Å². The Labute approximate surface area is 113 Å². The van der Waals surface area contributed by atoms with Gasteiger partial charge in [0.15, 0.2) is 0 Å². The van der Waals surface area contributed by atoms with Gasteiger partial charge in [0, 0.05) is 12.3 Å². The smallest absolute Gasteiger partial charge is 0.328 e. The minimum Gasteiger partial charge on any atom is -0.478 e. The molecule has 0 amide bonds. The highest BCUT2D eigenvalue weighted by molar-refractivity contribution is 9.10. The first kappa shape index (κ1) is 12.6. The average molecular weight is 307 g/mol. The van der Waals surface area contributed by atoms with Crippen molar-refractivity contribution in [1.82, 2.24) is 9.78 Å². The Balaban J connectivity index is 2.41. The van der Waals surface area contributed by atoms with Gasteiger partial charge in [0.25, 0.3) is 0 Å². The molecule has 0 radical (unpaired) electrons. The Hall–Kier alpha value is -1.88. The fourth-order valence-electron chi connectivity index (χ4n) is 1.58. The molecule has 0 saturated carbocycles. The summed E-state index contributed by atoms with van der Waals surface area (Å²) in [5.74, 6) is -0.959. The van der Waals surface area contributed by atoms with Gasteiger partial charge in [0.05, 0.1) is 16.4 Å². The Bertz CT molecular complexity index is 617. The van der Waals surface area contributed by atoms with Crippen molar-refractivity contribution < 1.29 is 9.90 Å². The summed E-state index contributed by atoms with van der Waals surface area (Å²) in [6, 6.07) is 5.71. The lowest BCUT2D eigenvalue weighted by Gasteiger charge is -2.06. The van der Waals surface area contributed by atoms with E-state index >= 15 is 0 Å². The van der Waals surface area contributed by atoms with Gasteiger partial charge in [-0.25, -0.2) is 9.48 Å². The molecule has 1 heterocycles. The van der Waals surface area contributed by atoms with Gasteiger partial charge in [0.2, 0.25) is 0 Å². The van der Waals surface area contributed by atoms with Crippen LogP contribution in [0, 0.1) is 6.92 Å². The Morgan fingerprint density at radius 1 is 1.50 bits per heavy atom.